The number of halogens is 1. The lowest BCUT2D eigenvalue weighted by Gasteiger charge is -2.32. The smallest absolute Gasteiger partial charge is 0.244 e. The first kappa shape index (κ1) is 14.3. The van der Waals surface area contributed by atoms with Crippen molar-refractivity contribution >= 4 is 27.5 Å². The van der Waals surface area contributed by atoms with Crippen molar-refractivity contribution in [2.75, 3.05) is 25.1 Å². The number of ether oxygens (including phenoxy) is 1. The van der Waals surface area contributed by atoms with Gasteiger partial charge in [-0.3, -0.25) is 4.79 Å². The predicted octanol–water partition coefficient (Wildman–Crippen LogP) is 2.56. The van der Waals surface area contributed by atoms with Crippen molar-refractivity contribution in [2.45, 2.75) is 25.8 Å². The molecule has 1 atom stereocenters. The Kier molecular flexibility index (Phi) is 4.82. The molecule has 0 saturated carbocycles. The lowest BCUT2D eigenvalue weighted by molar-refractivity contribution is -0.121. The minimum atomic E-state index is -0.0660. The van der Waals surface area contributed by atoms with Crippen molar-refractivity contribution in [3.63, 3.8) is 0 Å². The lowest BCUT2D eigenvalue weighted by atomic mass is 10.0. The van der Waals surface area contributed by atoms with Gasteiger partial charge in [0.25, 0.3) is 0 Å². The first-order chi connectivity index (χ1) is 9.15. The second-order valence-electron chi connectivity index (χ2n) is 4.59. The number of rotatable bonds is 4. The molecule has 1 N–H and O–H groups in total. The number of carbonyl (C=O) groups is 1. The van der Waals surface area contributed by atoms with Crippen LogP contribution in [-0.4, -0.2) is 32.1 Å². The van der Waals surface area contributed by atoms with Crippen molar-refractivity contribution in [2.24, 2.45) is 0 Å². The van der Waals surface area contributed by atoms with Crippen molar-refractivity contribution in [3.05, 3.63) is 22.7 Å². The fourth-order valence-electron chi connectivity index (χ4n) is 2.39. The van der Waals surface area contributed by atoms with Gasteiger partial charge in [-0.15, -0.1) is 0 Å². The van der Waals surface area contributed by atoms with E-state index in [9.17, 15) is 4.79 Å². The third-order valence-electron chi connectivity index (χ3n) is 3.29. The first-order valence-electron chi connectivity index (χ1n) is 6.55. The van der Waals surface area contributed by atoms with E-state index in [1.54, 1.807) is 7.11 Å². The number of likely N-dealkylation sites (N-methyl/N-ethyl adjacent to an activating group) is 1. The Bertz CT molecular complexity index is 463. The van der Waals surface area contributed by atoms with Crippen LogP contribution >= 0.6 is 15.9 Å². The number of piperidine rings is 1. The van der Waals surface area contributed by atoms with Crippen LogP contribution in [0.4, 0.5) is 5.69 Å². The Labute approximate surface area is 122 Å². The Morgan fingerprint density at radius 2 is 2.26 bits per heavy atom. The maximum absolute atomic E-state index is 12.4. The number of nitrogens with zero attached hydrogens (tertiary/aromatic N) is 1. The second kappa shape index (κ2) is 6.39. The molecule has 1 aliphatic rings. The summed E-state index contributed by atoms with van der Waals surface area (Å²) < 4.78 is 6.17. The van der Waals surface area contributed by atoms with E-state index < -0.39 is 0 Å². The minimum Gasteiger partial charge on any atom is -0.497 e. The number of amides is 1. The van der Waals surface area contributed by atoms with Crippen molar-refractivity contribution in [1.29, 1.82) is 0 Å². The molecule has 5 heteroatoms. The number of hydrogen-bond acceptors (Lipinski definition) is 3. The summed E-state index contributed by atoms with van der Waals surface area (Å²) in [6.45, 7) is 3.60. The fraction of sp³-hybridized carbons (Fsp3) is 0.500. The van der Waals surface area contributed by atoms with Gasteiger partial charge in [0.2, 0.25) is 5.91 Å². The molecule has 0 aromatic heterocycles. The van der Waals surface area contributed by atoms with E-state index in [0.717, 1.165) is 41.8 Å². The van der Waals surface area contributed by atoms with Gasteiger partial charge in [-0.2, -0.15) is 0 Å². The van der Waals surface area contributed by atoms with Crippen LogP contribution in [0.15, 0.2) is 22.7 Å². The standard InChI is InChI=1S/C14H19BrN2O2/c1-3-16-13-5-4-6-17(14(13)18)11-7-10(15)8-12(9-11)19-2/h7-9,13,16H,3-6H2,1-2H3. The van der Waals surface area contributed by atoms with Crippen molar-refractivity contribution < 1.29 is 9.53 Å². The highest BCUT2D eigenvalue weighted by atomic mass is 79.9. The summed E-state index contributed by atoms with van der Waals surface area (Å²) in [5, 5.41) is 3.24. The molecule has 1 amide bonds. The number of carbonyl (C=O) groups excluding carboxylic acids is 1. The summed E-state index contributed by atoms with van der Waals surface area (Å²) in [4.78, 5) is 14.3. The maximum Gasteiger partial charge on any atom is 0.244 e. The van der Waals surface area contributed by atoms with Gasteiger partial charge in [-0.25, -0.2) is 0 Å². The van der Waals surface area contributed by atoms with E-state index in [1.165, 1.54) is 0 Å². The lowest BCUT2D eigenvalue weighted by Crippen LogP contribution is -2.50. The molecule has 1 heterocycles. The van der Waals surface area contributed by atoms with E-state index in [-0.39, 0.29) is 11.9 Å². The molecule has 0 bridgehead atoms. The van der Waals surface area contributed by atoms with Crippen LogP contribution in [0.3, 0.4) is 0 Å². The quantitative estimate of drug-likeness (QED) is 0.924. The van der Waals surface area contributed by atoms with E-state index in [2.05, 4.69) is 21.2 Å². The van der Waals surface area contributed by atoms with Crippen LogP contribution in [0.25, 0.3) is 0 Å². The van der Waals surface area contributed by atoms with Gasteiger partial charge in [0.15, 0.2) is 0 Å². The summed E-state index contributed by atoms with van der Waals surface area (Å²) in [5.41, 5.74) is 0.888. The number of hydrogen-bond donors (Lipinski definition) is 1. The molecular weight excluding hydrogens is 308 g/mol. The highest BCUT2D eigenvalue weighted by Gasteiger charge is 2.29. The average molecular weight is 327 g/mol. The van der Waals surface area contributed by atoms with Crippen LogP contribution in [0.5, 0.6) is 5.75 Å². The number of benzene rings is 1. The van der Waals surface area contributed by atoms with Crippen molar-refractivity contribution in [3.8, 4) is 5.75 Å². The number of methoxy groups -OCH3 is 1. The van der Waals surface area contributed by atoms with Gasteiger partial charge >= 0.3 is 0 Å². The van der Waals surface area contributed by atoms with E-state index in [1.807, 2.05) is 30.0 Å². The van der Waals surface area contributed by atoms with Gasteiger partial charge in [0, 0.05) is 22.8 Å². The minimum absolute atomic E-state index is 0.0660. The molecule has 2 rings (SSSR count). The topological polar surface area (TPSA) is 41.6 Å². The van der Waals surface area contributed by atoms with Gasteiger partial charge in [-0.1, -0.05) is 22.9 Å². The molecule has 0 radical (unpaired) electrons. The third kappa shape index (κ3) is 3.28. The molecule has 1 unspecified atom stereocenters. The maximum atomic E-state index is 12.4. The molecule has 4 nitrogen and oxygen atoms in total. The molecule has 1 saturated heterocycles. The monoisotopic (exact) mass is 326 g/mol. The van der Waals surface area contributed by atoms with Crippen LogP contribution in [0.2, 0.25) is 0 Å². The molecular formula is C14H19BrN2O2. The molecule has 19 heavy (non-hydrogen) atoms. The van der Waals surface area contributed by atoms with Crippen LogP contribution in [0.1, 0.15) is 19.8 Å². The zero-order chi connectivity index (χ0) is 13.8. The van der Waals surface area contributed by atoms with Crippen LogP contribution < -0.4 is 15.0 Å². The fourth-order valence-corrected chi connectivity index (χ4v) is 2.85. The number of nitrogens with one attached hydrogen (secondary N) is 1. The molecule has 1 aromatic carbocycles. The summed E-state index contributed by atoms with van der Waals surface area (Å²) in [7, 11) is 1.63. The largest absolute Gasteiger partial charge is 0.497 e. The van der Waals surface area contributed by atoms with Gasteiger partial charge < -0.3 is 15.0 Å². The Balaban J connectivity index is 2.25. The van der Waals surface area contributed by atoms with Crippen LogP contribution in [0, 0.1) is 0 Å². The van der Waals surface area contributed by atoms with E-state index in [4.69, 9.17) is 4.74 Å². The van der Waals surface area contributed by atoms with Gasteiger partial charge in [-0.05, 0) is 31.5 Å². The van der Waals surface area contributed by atoms with Crippen LogP contribution in [-0.2, 0) is 4.79 Å². The SMILES string of the molecule is CCNC1CCCN(c2cc(Br)cc(OC)c2)C1=O. The normalized spacial score (nSPS) is 19.6. The summed E-state index contributed by atoms with van der Waals surface area (Å²) in [6, 6.07) is 5.68. The van der Waals surface area contributed by atoms with Crippen molar-refractivity contribution in [1.82, 2.24) is 5.32 Å². The summed E-state index contributed by atoms with van der Waals surface area (Å²) >= 11 is 3.45. The second-order valence-corrected chi connectivity index (χ2v) is 5.51. The average Bonchev–Trinajstić information content (AvgIpc) is 2.40. The Hall–Kier alpha value is -1.07. The molecule has 1 fully saturated rings. The molecule has 1 aliphatic heterocycles. The van der Waals surface area contributed by atoms with Gasteiger partial charge in [0.05, 0.1) is 13.2 Å². The number of anilines is 1. The zero-order valence-corrected chi connectivity index (χ0v) is 12.9. The van der Waals surface area contributed by atoms with Gasteiger partial charge in [0.1, 0.15) is 5.75 Å². The highest BCUT2D eigenvalue weighted by Crippen LogP contribution is 2.29. The summed E-state index contributed by atoms with van der Waals surface area (Å²) in [6.07, 6.45) is 1.92. The first-order valence-corrected chi connectivity index (χ1v) is 7.34. The molecule has 0 aliphatic carbocycles. The Morgan fingerprint density at radius 3 is 2.95 bits per heavy atom. The Morgan fingerprint density at radius 1 is 1.47 bits per heavy atom. The molecule has 0 spiro atoms. The zero-order valence-electron chi connectivity index (χ0n) is 11.3. The predicted molar refractivity (Wildman–Crippen MR) is 79.7 cm³/mol. The highest BCUT2D eigenvalue weighted by molar-refractivity contribution is 9.10. The van der Waals surface area contributed by atoms with E-state index in [0.29, 0.717) is 0 Å². The molecule has 104 valence electrons. The third-order valence-corrected chi connectivity index (χ3v) is 3.75. The molecule has 1 aromatic rings. The van der Waals surface area contributed by atoms with E-state index >= 15 is 0 Å². The summed E-state index contributed by atoms with van der Waals surface area (Å²) in [5.74, 6) is 0.899.